The first-order chi connectivity index (χ1) is 16.1. The minimum atomic E-state index is -1.03. The van der Waals surface area contributed by atoms with Gasteiger partial charge in [0.1, 0.15) is 9.69 Å². The number of fused-ring (bicyclic) bond motifs is 1. The number of para-hydroxylation sites is 1. The van der Waals surface area contributed by atoms with Crippen LogP contribution < -0.4 is 4.90 Å². The number of anilines is 1. The van der Waals surface area contributed by atoms with Crippen LogP contribution in [0.5, 0.6) is 0 Å². The average molecular weight is 499 g/mol. The van der Waals surface area contributed by atoms with Crippen molar-refractivity contribution in [3.05, 3.63) is 70.3 Å². The Kier molecular flexibility index (Phi) is 5.47. The number of nitro benzene ring substituents is 1. The molecule has 9 nitrogen and oxygen atoms in total. The summed E-state index contributed by atoms with van der Waals surface area (Å²) in [4.78, 5) is 47.4. The molecule has 2 amide bonds. The summed E-state index contributed by atoms with van der Waals surface area (Å²) in [7, 11) is 1.89. The Morgan fingerprint density at radius 2 is 1.79 bits per heavy atom. The van der Waals surface area contributed by atoms with Gasteiger partial charge < -0.3 is 4.90 Å². The molecule has 3 aliphatic heterocycles. The van der Waals surface area contributed by atoms with Crippen LogP contribution in [-0.2, 0) is 14.4 Å². The highest BCUT2D eigenvalue weighted by Crippen LogP contribution is 2.52. The molecule has 3 fully saturated rings. The zero-order chi connectivity index (χ0) is 24.4. The molecular formula is C23H22N4O5S2. The molecule has 176 valence electrons. The second-order valence-electron chi connectivity index (χ2n) is 9.00. The summed E-state index contributed by atoms with van der Waals surface area (Å²) in [6, 6.07) is 14.2. The molecule has 0 radical (unpaired) electrons. The Balaban J connectivity index is 1.61. The van der Waals surface area contributed by atoms with E-state index in [0.29, 0.717) is 15.6 Å². The molecule has 2 aromatic carbocycles. The largest absolute Gasteiger partial charge is 0.353 e. The van der Waals surface area contributed by atoms with Gasteiger partial charge in [-0.1, -0.05) is 54.3 Å². The molecule has 2 aromatic rings. The van der Waals surface area contributed by atoms with Crippen LogP contribution in [0.1, 0.15) is 25.5 Å². The summed E-state index contributed by atoms with van der Waals surface area (Å²) in [6.07, 6.45) is -1.03. The Hall–Kier alpha value is -2.86. The molecule has 3 heterocycles. The van der Waals surface area contributed by atoms with Gasteiger partial charge in [-0.2, -0.15) is 5.06 Å². The highest BCUT2D eigenvalue weighted by Gasteiger charge is 2.63. The SMILES string of the molecule is CN1C(=S)S[C@@H](N2O[C@@H]3C(=O)N(c4ccccc4)C(=O)[C@@H]3[C@H]2c2cccc([N+](=O)[O-])c2)C1(C)C. The fourth-order valence-electron chi connectivity index (χ4n) is 4.73. The van der Waals surface area contributed by atoms with E-state index in [0.717, 1.165) is 4.90 Å². The van der Waals surface area contributed by atoms with E-state index >= 15 is 0 Å². The van der Waals surface area contributed by atoms with Gasteiger partial charge in [-0.25, -0.2) is 4.90 Å². The monoisotopic (exact) mass is 498 g/mol. The second kappa shape index (κ2) is 8.12. The first kappa shape index (κ1) is 22.9. The lowest BCUT2D eigenvalue weighted by Gasteiger charge is -2.39. The van der Waals surface area contributed by atoms with Crippen LogP contribution in [0.25, 0.3) is 0 Å². The molecule has 0 spiro atoms. The lowest BCUT2D eigenvalue weighted by molar-refractivity contribution is -0.385. The van der Waals surface area contributed by atoms with E-state index in [2.05, 4.69) is 0 Å². The maximum Gasteiger partial charge on any atom is 0.269 e. The van der Waals surface area contributed by atoms with Crippen molar-refractivity contribution in [2.75, 3.05) is 11.9 Å². The number of hydrogen-bond acceptors (Lipinski definition) is 8. The maximum atomic E-state index is 13.7. The number of carbonyl (C=O) groups excluding carboxylic acids is 2. The number of hydroxylamine groups is 2. The number of likely N-dealkylation sites (N-methyl/N-ethyl adjacent to an activating group) is 1. The molecule has 3 aliphatic rings. The molecule has 0 aliphatic carbocycles. The highest BCUT2D eigenvalue weighted by atomic mass is 32.2. The molecule has 0 aromatic heterocycles. The average Bonchev–Trinajstić information content (AvgIpc) is 3.39. The van der Waals surface area contributed by atoms with E-state index in [1.165, 1.54) is 23.9 Å². The third-order valence-electron chi connectivity index (χ3n) is 6.77. The Bertz CT molecular complexity index is 1210. The topological polar surface area (TPSA) is 96.2 Å². The summed E-state index contributed by atoms with van der Waals surface area (Å²) in [5.41, 5.74) is 0.430. The van der Waals surface area contributed by atoms with Crippen LogP contribution in [0.4, 0.5) is 11.4 Å². The van der Waals surface area contributed by atoms with Gasteiger partial charge in [-0.3, -0.25) is 24.5 Å². The van der Waals surface area contributed by atoms with Crippen molar-refractivity contribution in [1.82, 2.24) is 9.96 Å². The standard InChI is InChI=1S/C23H22N4O5S2/c1-23(2)21(34-22(33)24(23)3)26-17(13-8-7-11-15(12-13)27(30)31)16-18(32-26)20(29)25(19(16)28)14-9-5-4-6-10-14/h4-12,16-18,21H,1-3H3/t16-,17-,18+,21-/m1/s1. The molecule has 11 heteroatoms. The number of benzene rings is 2. The molecule has 0 bridgehead atoms. The van der Waals surface area contributed by atoms with Gasteiger partial charge in [-0.05, 0) is 31.5 Å². The van der Waals surface area contributed by atoms with Gasteiger partial charge in [0.25, 0.3) is 11.6 Å². The number of non-ortho nitro benzene ring substituents is 1. The summed E-state index contributed by atoms with van der Waals surface area (Å²) < 4.78 is 0.664. The number of thioether (sulfide) groups is 1. The lowest BCUT2D eigenvalue weighted by Crippen LogP contribution is -2.51. The smallest absolute Gasteiger partial charge is 0.269 e. The first-order valence-electron chi connectivity index (χ1n) is 10.7. The minimum Gasteiger partial charge on any atom is -0.353 e. The van der Waals surface area contributed by atoms with Gasteiger partial charge in [0.2, 0.25) is 5.91 Å². The number of nitro groups is 1. The minimum absolute atomic E-state index is 0.0939. The summed E-state index contributed by atoms with van der Waals surface area (Å²) in [5, 5.41) is 12.8. The number of nitrogens with zero attached hydrogens (tertiary/aromatic N) is 4. The van der Waals surface area contributed by atoms with Crippen LogP contribution in [0.2, 0.25) is 0 Å². The molecular weight excluding hydrogens is 476 g/mol. The number of thiocarbonyl (C=S) groups is 1. The predicted octanol–water partition coefficient (Wildman–Crippen LogP) is 3.51. The highest BCUT2D eigenvalue weighted by molar-refractivity contribution is 8.23. The molecule has 5 rings (SSSR count). The van der Waals surface area contributed by atoms with Crippen LogP contribution in [-0.4, -0.2) is 55.1 Å². The predicted molar refractivity (Wildman–Crippen MR) is 131 cm³/mol. The van der Waals surface area contributed by atoms with E-state index in [1.54, 1.807) is 47.5 Å². The maximum absolute atomic E-state index is 13.7. The number of hydrogen-bond donors (Lipinski definition) is 0. The van der Waals surface area contributed by atoms with E-state index < -0.39 is 40.3 Å². The molecule has 3 saturated heterocycles. The third-order valence-corrected chi connectivity index (χ3v) is 8.81. The Morgan fingerprint density at radius 3 is 2.41 bits per heavy atom. The zero-order valence-electron chi connectivity index (χ0n) is 18.7. The van der Waals surface area contributed by atoms with E-state index in [-0.39, 0.29) is 11.1 Å². The first-order valence-corrected chi connectivity index (χ1v) is 12.0. The fourth-order valence-corrected chi connectivity index (χ4v) is 6.55. The summed E-state index contributed by atoms with van der Waals surface area (Å²) in [5.74, 6) is -1.70. The van der Waals surface area contributed by atoms with Crippen molar-refractivity contribution in [1.29, 1.82) is 0 Å². The van der Waals surface area contributed by atoms with Crippen molar-refractivity contribution in [2.24, 2.45) is 5.92 Å². The van der Waals surface area contributed by atoms with Gasteiger partial charge >= 0.3 is 0 Å². The quantitative estimate of drug-likeness (QED) is 0.272. The Labute approximate surface area is 205 Å². The van der Waals surface area contributed by atoms with Crippen LogP contribution in [0.3, 0.4) is 0 Å². The number of imide groups is 1. The number of rotatable bonds is 4. The molecule has 0 unspecified atom stereocenters. The molecule has 0 N–H and O–H groups in total. The molecule has 0 saturated carbocycles. The van der Waals surface area contributed by atoms with E-state index in [1.807, 2.05) is 25.8 Å². The fraction of sp³-hybridized carbons (Fsp3) is 0.348. The van der Waals surface area contributed by atoms with Crippen molar-refractivity contribution in [3.8, 4) is 0 Å². The van der Waals surface area contributed by atoms with Gasteiger partial charge in [0.15, 0.2) is 6.10 Å². The van der Waals surface area contributed by atoms with Crippen molar-refractivity contribution in [3.63, 3.8) is 0 Å². The van der Waals surface area contributed by atoms with Crippen molar-refractivity contribution >= 4 is 51.5 Å². The van der Waals surface area contributed by atoms with Gasteiger partial charge in [0, 0.05) is 19.2 Å². The van der Waals surface area contributed by atoms with Gasteiger partial charge in [-0.15, -0.1) is 0 Å². The van der Waals surface area contributed by atoms with Crippen molar-refractivity contribution in [2.45, 2.75) is 36.9 Å². The third kappa shape index (κ3) is 3.34. The lowest BCUT2D eigenvalue weighted by atomic mass is 9.89. The number of amides is 2. The zero-order valence-corrected chi connectivity index (χ0v) is 20.3. The van der Waals surface area contributed by atoms with Crippen molar-refractivity contribution < 1.29 is 19.3 Å². The molecule has 4 atom stereocenters. The van der Waals surface area contributed by atoms with E-state index in [4.69, 9.17) is 17.1 Å². The van der Waals surface area contributed by atoms with Gasteiger partial charge in [0.05, 0.1) is 28.1 Å². The number of carbonyl (C=O) groups is 2. The summed E-state index contributed by atoms with van der Waals surface area (Å²) in [6.45, 7) is 4.01. The van der Waals surface area contributed by atoms with Crippen LogP contribution >= 0.6 is 24.0 Å². The Morgan fingerprint density at radius 1 is 1.09 bits per heavy atom. The van der Waals surface area contributed by atoms with Crippen LogP contribution in [0, 0.1) is 16.0 Å². The second-order valence-corrected chi connectivity index (χ2v) is 10.7. The normalized spacial score (nSPS) is 28.6. The summed E-state index contributed by atoms with van der Waals surface area (Å²) >= 11 is 6.93. The van der Waals surface area contributed by atoms with Crippen LogP contribution in [0.15, 0.2) is 54.6 Å². The van der Waals surface area contributed by atoms with E-state index in [9.17, 15) is 19.7 Å². The molecule has 34 heavy (non-hydrogen) atoms.